The predicted molar refractivity (Wildman–Crippen MR) is 67.3 cm³/mol. The maximum Gasteiger partial charge on any atom is 0.248 e. The third-order valence-corrected chi connectivity index (χ3v) is 3.04. The molecule has 6 heteroatoms. The summed E-state index contributed by atoms with van der Waals surface area (Å²) < 4.78 is 5.21. The Hall–Kier alpha value is -1.40. The number of carbonyl (C=O) groups is 2. The molecule has 1 heterocycles. The van der Waals surface area contributed by atoms with Crippen molar-refractivity contribution < 1.29 is 14.3 Å². The SMILES string of the molecule is CC=CCOCC(=O)N1CCC(C(=O)NN)CC1. The highest BCUT2D eigenvalue weighted by Crippen LogP contribution is 2.17. The lowest BCUT2D eigenvalue weighted by atomic mass is 9.96. The molecule has 0 aromatic rings. The molecule has 0 aliphatic carbocycles. The fraction of sp³-hybridized carbons (Fsp3) is 0.667. The van der Waals surface area contributed by atoms with Crippen molar-refractivity contribution in [1.29, 1.82) is 0 Å². The summed E-state index contributed by atoms with van der Waals surface area (Å²) in [6.45, 7) is 3.62. The van der Waals surface area contributed by atoms with E-state index in [-0.39, 0.29) is 24.3 Å². The van der Waals surface area contributed by atoms with Crippen LogP contribution in [0.3, 0.4) is 0 Å². The van der Waals surface area contributed by atoms with Gasteiger partial charge < -0.3 is 9.64 Å². The second-order valence-electron chi connectivity index (χ2n) is 4.25. The van der Waals surface area contributed by atoms with E-state index in [1.165, 1.54) is 0 Å². The van der Waals surface area contributed by atoms with E-state index >= 15 is 0 Å². The Kier molecular flexibility index (Phi) is 6.38. The van der Waals surface area contributed by atoms with Crippen LogP contribution in [-0.4, -0.2) is 43.0 Å². The van der Waals surface area contributed by atoms with Gasteiger partial charge in [-0.3, -0.25) is 15.0 Å². The number of nitrogens with two attached hydrogens (primary N) is 1. The summed E-state index contributed by atoms with van der Waals surface area (Å²) in [5.41, 5.74) is 2.15. The number of nitrogens with one attached hydrogen (secondary N) is 1. The second kappa shape index (κ2) is 7.84. The molecule has 0 radical (unpaired) electrons. The number of carbonyl (C=O) groups excluding carboxylic acids is 2. The van der Waals surface area contributed by atoms with E-state index in [9.17, 15) is 9.59 Å². The number of rotatable bonds is 5. The van der Waals surface area contributed by atoms with Crippen molar-refractivity contribution in [2.45, 2.75) is 19.8 Å². The van der Waals surface area contributed by atoms with Crippen molar-refractivity contribution in [2.75, 3.05) is 26.3 Å². The van der Waals surface area contributed by atoms with Crippen LogP contribution in [0.25, 0.3) is 0 Å². The van der Waals surface area contributed by atoms with Crippen LogP contribution in [0.2, 0.25) is 0 Å². The number of nitrogens with zero attached hydrogens (tertiary/aromatic N) is 1. The van der Waals surface area contributed by atoms with E-state index < -0.39 is 0 Å². The predicted octanol–water partition coefficient (Wildman–Crippen LogP) is -0.192. The molecule has 1 fully saturated rings. The van der Waals surface area contributed by atoms with E-state index in [4.69, 9.17) is 10.6 Å². The zero-order valence-electron chi connectivity index (χ0n) is 10.7. The van der Waals surface area contributed by atoms with Gasteiger partial charge in [-0.05, 0) is 19.8 Å². The van der Waals surface area contributed by atoms with Crippen LogP contribution in [-0.2, 0) is 14.3 Å². The quantitative estimate of drug-likeness (QED) is 0.234. The molecule has 1 aliphatic heterocycles. The summed E-state index contributed by atoms with van der Waals surface area (Å²) in [5.74, 6) is 4.84. The number of piperidine rings is 1. The van der Waals surface area contributed by atoms with Crippen LogP contribution in [0.1, 0.15) is 19.8 Å². The van der Waals surface area contributed by atoms with Gasteiger partial charge in [-0.15, -0.1) is 0 Å². The van der Waals surface area contributed by atoms with Crippen LogP contribution < -0.4 is 11.3 Å². The highest BCUT2D eigenvalue weighted by molar-refractivity contribution is 5.80. The molecule has 2 amide bonds. The van der Waals surface area contributed by atoms with Crippen LogP contribution in [0.5, 0.6) is 0 Å². The molecule has 0 aromatic carbocycles. The summed E-state index contributed by atoms with van der Waals surface area (Å²) in [6.07, 6.45) is 5.04. The summed E-state index contributed by atoms with van der Waals surface area (Å²) in [7, 11) is 0. The highest BCUT2D eigenvalue weighted by Gasteiger charge is 2.26. The second-order valence-corrected chi connectivity index (χ2v) is 4.25. The molecule has 18 heavy (non-hydrogen) atoms. The van der Waals surface area contributed by atoms with Gasteiger partial charge in [0.15, 0.2) is 0 Å². The van der Waals surface area contributed by atoms with Crippen molar-refractivity contribution in [3.8, 4) is 0 Å². The minimum atomic E-state index is -0.147. The standard InChI is InChI=1S/C12H21N3O3/c1-2-3-8-18-9-11(16)15-6-4-10(5-7-15)12(17)14-13/h2-3,10H,4-9,13H2,1H3,(H,14,17). The maximum atomic E-state index is 11.8. The minimum absolute atomic E-state index is 0.0221. The Balaban J connectivity index is 2.25. The number of allylic oxidation sites excluding steroid dienone is 1. The summed E-state index contributed by atoms with van der Waals surface area (Å²) in [5, 5.41) is 0. The average Bonchev–Trinajstić information content (AvgIpc) is 2.42. The molecule has 0 unspecified atom stereocenters. The van der Waals surface area contributed by atoms with Gasteiger partial charge in [0, 0.05) is 19.0 Å². The van der Waals surface area contributed by atoms with Gasteiger partial charge in [-0.25, -0.2) is 5.84 Å². The first-order valence-electron chi connectivity index (χ1n) is 6.16. The van der Waals surface area contributed by atoms with Crippen LogP contribution in [0.15, 0.2) is 12.2 Å². The highest BCUT2D eigenvalue weighted by atomic mass is 16.5. The molecule has 0 saturated carbocycles. The molecule has 6 nitrogen and oxygen atoms in total. The monoisotopic (exact) mass is 255 g/mol. The van der Waals surface area contributed by atoms with E-state index in [0.717, 1.165) is 0 Å². The molecule has 1 aliphatic rings. The largest absolute Gasteiger partial charge is 0.368 e. The van der Waals surface area contributed by atoms with E-state index in [1.54, 1.807) is 4.90 Å². The maximum absolute atomic E-state index is 11.8. The summed E-state index contributed by atoms with van der Waals surface area (Å²) in [6, 6.07) is 0. The third kappa shape index (κ3) is 4.46. The van der Waals surface area contributed by atoms with Crippen molar-refractivity contribution >= 4 is 11.8 Å². The van der Waals surface area contributed by atoms with Gasteiger partial charge in [0.05, 0.1) is 6.61 Å². The molecule has 0 atom stereocenters. The zero-order chi connectivity index (χ0) is 13.4. The number of ether oxygens (including phenoxy) is 1. The topological polar surface area (TPSA) is 84.7 Å². The molecule has 102 valence electrons. The number of hydrazine groups is 1. The Labute approximate surface area is 107 Å². The van der Waals surface area contributed by atoms with Crippen LogP contribution in [0.4, 0.5) is 0 Å². The smallest absolute Gasteiger partial charge is 0.248 e. The average molecular weight is 255 g/mol. The van der Waals surface area contributed by atoms with Crippen molar-refractivity contribution in [1.82, 2.24) is 10.3 Å². The molecular formula is C12H21N3O3. The van der Waals surface area contributed by atoms with Crippen molar-refractivity contribution in [2.24, 2.45) is 11.8 Å². The van der Waals surface area contributed by atoms with Crippen LogP contribution >= 0.6 is 0 Å². The first-order chi connectivity index (χ1) is 8.69. The van der Waals surface area contributed by atoms with E-state index in [2.05, 4.69) is 5.43 Å². The van der Waals surface area contributed by atoms with Gasteiger partial charge in [0.25, 0.3) is 0 Å². The number of amides is 2. The fourth-order valence-electron chi connectivity index (χ4n) is 1.91. The van der Waals surface area contributed by atoms with Crippen LogP contribution in [0, 0.1) is 5.92 Å². The van der Waals surface area contributed by atoms with Gasteiger partial charge in [-0.1, -0.05) is 12.2 Å². The Morgan fingerprint density at radius 1 is 1.44 bits per heavy atom. The van der Waals surface area contributed by atoms with Crippen molar-refractivity contribution in [3.63, 3.8) is 0 Å². The van der Waals surface area contributed by atoms with Gasteiger partial charge in [0.1, 0.15) is 6.61 Å². The minimum Gasteiger partial charge on any atom is -0.368 e. The zero-order valence-corrected chi connectivity index (χ0v) is 10.7. The molecule has 0 bridgehead atoms. The lowest BCUT2D eigenvalue weighted by Gasteiger charge is -2.30. The molecule has 0 spiro atoms. The van der Waals surface area contributed by atoms with Gasteiger partial charge in [-0.2, -0.15) is 0 Å². The number of likely N-dealkylation sites (tertiary alicyclic amines) is 1. The lowest BCUT2D eigenvalue weighted by Crippen LogP contribution is -2.45. The molecule has 3 N–H and O–H groups in total. The van der Waals surface area contributed by atoms with E-state index in [1.807, 2.05) is 19.1 Å². The first-order valence-corrected chi connectivity index (χ1v) is 6.16. The van der Waals surface area contributed by atoms with Gasteiger partial charge in [0.2, 0.25) is 11.8 Å². The van der Waals surface area contributed by atoms with Gasteiger partial charge >= 0.3 is 0 Å². The fourth-order valence-corrected chi connectivity index (χ4v) is 1.91. The van der Waals surface area contributed by atoms with Crippen molar-refractivity contribution in [3.05, 3.63) is 12.2 Å². The lowest BCUT2D eigenvalue weighted by molar-refractivity contribution is -0.139. The molecule has 1 rings (SSSR count). The Morgan fingerprint density at radius 2 is 2.11 bits per heavy atom. The third-order valence-electron chi connectivity index (χ3n) is 3.04. The molecular weight excluding hydrogens is 234 g/mol. The molecule has 1 saturated heterocycles. The van der Waals surface area contributed by atoms with E-state index in [0.29, 0.717) is 32.5 Å². The summed E-state index contributed by atoms with van der Waals surface area (Å²) >= 11 is 0. The Bertz CT molecular complexity index is 310. The summed E-state index contributed by atoms with van der Waals surface area (Å²) in [4.78, 5) is 24.8. The normalized spacial score (nSPS) is 17.1. The number of hydrogen-bond acceptors (Lipinski definition) is 4. The number of hydrogen-bond donors (Lipinski definition) is 2. The molecule has 0 aromatic heterocycles. The first kappa shape index (κ1) is 14.7. The Morgan fingerprint density at radius 3 is 2.67 bits per heavy atom.